The second kappa shape index (κ2) is 6.24. The molecule has 2 N–H and O–H groups in total. The maximum absolute atomic E-state index is 12.4. The van der Waals surface area contributed by atoms with Crippen LogP contribution in [-0.2, 0) is 16.6 Å². The molecule has 0 heterocycles. The number of hydrogen-bond donors (Lipinski definition) is 2. The largest absolute Gasteiger partial charge is 0.316 e. The molecular weight excluding hydrogens is 308 g/mol. The first-order chi connectivity index (χ1) is 9.81. The van der Waals surface area contributed by atoms with E-state index in [0.29, 0.717) is 24.0 Å². The second-order valence-electron chi connectivity index (χ2n) is 6.13. The predicted octanol–water partition coefficient (Wildman–Crippen LogP) is 2.77. The Morgan fingerprint density at radius 2 is 2.00 bits per heavy atom. The van der Waals surface area contributed by atoms with E-state index in [1.54, 1.807) is 12.1 Å². The third-order valence-electron chi connectivity index (χ3n) is 4.43. The lowest BCUT2D eigenvalue weighted by atomic mass is 9.93. The van der Waals surface area contributed by atoms with Gasteiger partial charge >= 0.3 is 0 Å². The van der Waals surface area contributed by atoms with Crippen molar-refractivity contribution in [2.24, 2.45) is 11.3 Å². The van der Waals surface area contributed by atoms with Gasteiger partial charge in [0.25, 0.3) is 0 Å². The van der Waals surface area contributed by atoms with Crippen molar-refractivity contribution in [2.75, 3.05) is 13.6 Å². The van der Waals surface area contributed by atoms with Crippen LogP contribution in [0.1, 0.15) is 32.3 Å². The van der Waals surface area contributed by atoms with Crippen molar-refractivity contribution in [1.29, 1.82) is 0 Å². The van der Waals surface area contributed by atoms with Crippen molar-refractivity contribution in [3.8, 4) is 0 Å². The Hall–Kier alpha value is -0.620. The fraction of sp³-hybridized carbons (Fsp3) is 0.600. The molecule has 4 nitrogen and oxygen atoms in total. The summed E-state index contributed by atoms with van der Waals surface area (Å²) in [5.74, 6) is 0.488. The average Bonchev–Trinajstić information content (AvgIpc) is 3.20. The van der Waals surface area contributed by atoms with E-state index in [9.17, 15) is 8.42 Å². The first-order valence-electron chi connectivity index (χ1n) is 7.23. The normalized spacial score (nSPS) is 17.2. The lowest BCUT2D eigenvalue weighted by Gasteiger charge is -2.20. The van der Waals surface area contributed by atoms with Crippen LogP contribution in [0.15, 0.2) is 23.1 Å². The first-order valence-corrected chi connectivity index (χ1v) is 9.09. The Balaban J connectivity index is 2.11. The fourth-order valence-electron chi connectivity index (χ4n) is 2.47. The summed E-state index contributed by atoms with van der Waals surface area (Å²) < 4.78 is 27.5. The zero-order valence-corrected chi connectivity index (χ0v) is 14.3. The van der Waals surface area contributed by atoms with Crippen molar-refractivity contribution in [2.45, 2.75) is 38.1 Å². The first kappa shape index (κ1) is 16.7. The maximum atomic E-state index is 12.4. The Labute approximate surface area is 132 Å². The zero-order chi connectivity index (χ0) is 15.7. The molecule has 118 valence electrons. The van der Waals surface area contributed by atoms with Gasteiger partial charge in [0.1, 0.15) is 0 Å². The summed E-state index contributed by atoms with van der Waals surface area (Å²) in [5, 5.41) is 3.47. The highest BCUT2D eigenvalue weighted by Crippen LogP contribution is 2.51. The summed E-state index contributed by atoms with van der Waals surface area (Å²) in [7, 11) is -1.67. The molecule has 0 atom stereocenters. The number of rotatable bonds is 7. The van der Waals surface area contributed by atoms with Crippen molar-refractivity contribution >= 4 is 21.6 Å². The van der Waals surface area contributed by atoms with Crippen molar-refractivity contribution in [3.05, 3.63) is 28.8 Å². The molecule has 0 radical (unpaired) electrons. The standard InChI is InChI=1S/C15H23ClN2O2S/c1-11(2)15(6-7-15)10-18-21(19,20)13-5-4-12(9-17-3)14(16)8-13/h4-5,8,11,17-18H,6-7,9-10H2,1-3H3. The predicted molar refractivity (Wildman–Crippen MR) is 85.9 cm³/mol. The van der Waals surface area contributed by atoms with Crippen molar-refractivity contribution in [1.82, 2.24) is 10.0 Å². The smallest absolute Gasteiger partial charge is 0.240 e. The fourth-order valence-corrected chi connectivity index (χ4v) is 3.95. The quantitative estimate of drug-likeness (QED) is 0.808. The molecule has 1 aliphatic rings. The van der Waals surface area contributed by atoms with Crippen LogP contribution in [-0.4, -0.2) is 22.0 Å². The molecular formula is C15H23ClN2O2S. The monoisotopic (exact) mass is 330 g/mol. The lowest BCUT2D eigenvalue weighted by molar-refractivity contribution is 0.357. The van der Waals surface area contributed by atoms with Crippen LogP contribution >= 0.6 is 11.6 Å². The highest BCUT2D eigenvalue weighted by Gasteiger charge is 2.45. The van der Waals surface area contributed by atoms with Crippen LogP contribution in [0.3, 0.4) is 0 Å². The van der Waals surface area contributed by atoms with Crippen LogP contribution in [0.4, 0.5) is 0 Å². The minimum absolute atomic E-state index is 0.142. The van der Waals surface area contributed by atoms with Crippen molar-refractivity contribution in [3.63, 3.8) is 0 Å². The highest BCUT2D eigenvalue weighted by atomic mass is 35.5. The van der Waals surface area contributed by atoms with Gasteiger partial charge in [-0.25, -0.2) is 13.1 Å². The van der Waals surface area contributed by atoms with E-state index in [1.165, 1.54) is 6.07 Å². The summed E-state index contributed by atoms with van der Waals surface area (Å²) in [6, 6.07) is 4.88. The molecule has 1 aromatic rings. The maximum Gasteiger partial charge on any atom is 0.240 e. The molecule has 1 aromatic carbocycles. The van der Waals surface area contributed by atoms with Crippen molar-refractivity contribution < 1.29 is 8.42 Å². The summed E-state index contributed by atoms with van der Waals surface area (Å²) in [4.78, 5) is 0.229. The minimum Gasteiger partial charge on any atom is -0.316 e. The molecule has 0 amide bonds. The number of benzene rings is 1. The van der Waals surface area contributed by atoms with Gasteiger partial charge in [0.15, 0.2) is 0 Å². The van der Waals surface area contributed by atoms with Crippen LogP contribution in [0.25, 0.3) is 0 Å². The van der Waals surface area contributed by atoms with E-state index in [1.807, 2.05) is 7.05 Å². The molecule has 0 spiro atoms. The van der Waals surface area contributed by atoms with Gasteiger partial charge in [0.2, 0.25) is 10.0 Å². The zero-order valence-electron chi connectivity index (χ0n) is 12.7. The van der Waals surface area contributed by atoms with Gasteiger partial charge in [0.05, 0.1) is 4.90 Å². The Bertz CT molecular complexity index is 610. The molecule has 1 fully saturated rings. The Kier molecular flexibility index (Phi) is 4.98. The van der Waals surface area contributed by atoms with Gasteiger partial charge in [-0.1, -0.05) is 31.5 Å². The van der Waals surface area contributed by atoms with Crippen LogP contribution in [0.5, 0.6) is 0 Å². The van der Waals surface area contributed by atoms with E-state index >= 15 is 0 Å². The van der Waals surface area contributed by atoms with Crippen LogP contribution < -0.4 is 10.0 Å². The Morgan fingerprint density at radius 1 is 1.33 bits per heavy atom. The van der Waals surface area contributed by atoms with E-state index in [-0.39, 0.29) is 10.3 Å². The number of sulfonamides is 1. The van der Waals surface area contributed by atoms with E-state index in [2.05, 4.69) is 23.9 Å². The molecule has 0 bridgehead atoms. The van der Waals surface area contributed by atoms with E-state index in [4.69, 9.17) is 11.6 Å². The van der Waals surface area contributed by atoms with Gasteiger partial charge in [-0.15, -0.1) is 0 Å². The van der Waals surface area contributed by atoms with Gasteiger partial charge in [-0.2, -0.15) is 0 Å². The molecule has 0 unspecified atom stereocenters. The van der Waals surface area contributed by atoms with Gasteiger partial charge in [0, 0.05) is 18.1 Å². The summed E-state index contributed by atoms with van der Waals surface area (Å²) >= 11 is 6.13. The summed E-state index contributed by atoms with van der Waals surface area (Å²) in [6.45, 7) is 5.40. The van der Waals surface area contributed by atoms with E-state index in [0.717, 1.165) is 18.4 Å². The topological polar surface area (TPSA) is 58.2 Å². The highest BCUT2D eigenvalue weighted by molar-refractivity contribution is 7.89. The number of nitrogens with one attached hydrogen (secondary N) is 2. The molecule has 6 heteroatoms. The summed E-state index contributed by atoms with van der Waals surface area (Å²) in [6.07, 6.45) is 2.18. The molecule has 0 aromatic heterocycles. The molecule has 1 aliphatic carbocycles. The average molecular weight is 331 g/mol. The van der Waals surface area contributed by atoms with Gasteiger partial charge < -0.3 is 5.32 Å². The molecule has 0 saturated heterocycles. The second-order valence-corrected chi connectivity index (χ2v) is 8.30. The minimum atomic E-state index is -3.50. The molecule has 0 aliphatic heterocycles. The third-order valence-corrected chi connectivity index (χ3v) is 6.18. The van der Waals surface area contributed by atoms with Crippen LogP contribution in [0, 0.1) is 11.3 Å². The molecule has 2 rings (SSSR count). The SMILES string of the molecule is CNCc1ccc(S(=O)(=O)NCC2(C(C)C)CC2)cc1Cl. The lowest BCUT2D eigenvalue weighted by Crippen LogP contribution is -2.32. The van der Waals surface area contributed by atoms with Gasteiger partial charge in [-0.05, 0) is 48.9 Å². The third kappa shape index (κ3) is 3.77. The molecule has 21 heavy (non-hydrogen) atoms. The van der Waals surface area contributed by atoms with Crippen LogP contribution in [0.2, 0.25) is 5.02 Å². The number of hydrogen-bond acceptors (Lipinski definition) is 3. The Morgan fingerprint density at radius 3 is 2.48 bits per heavy atom. The molecule has 1 saturated carbocycles. The number of halogens is 1. The van der Waals surface area contributed by atoms with E-state index < -0.39 is 10.0 Å². The summed E-state index contributed by atoms with van der Waals surface area (Å²) in [5.41, 5.74) is 1.03. The van der Waals surface area contributed by atoms with Gasteiger partial charge in [-0.3, -0.25) is 0 Å².